The van der Waals surface area contributed by atoms with Gasteiger partial charge in [0.15, 0.2) is 0 Å². The van der Waals surface area contributed by atoms with Crippen molar-refractivity contribution in [2.75, 3.05) is 11.4 Å². The molecule has 27 heavy (non-hydrogen) atoms. The number of carbonyl (C=O) groups is 1. The normalized spacial score (nSPS) is 10.7. The van der Waals surface area contributed by atoms with Gasteiger partial charge < -0.3 is 9.64 Å². The van der Waals surface area contributed by atoms with Crippen molar-refractivity contribution in [2.24, 2.45) is 0 Å². The highest BCUT2D eigenvalue weighted by Crippen LogP contribution is 2.29. The third-order valence-electron chi connectivity index (χ3n) is 4.65. The van der Waals surface area contributed by atoms with Gasteiger partial charge in [0.05, 0.1) is 0 Å². The molecule has 0 aromatic heterocycles. The van der Waals surface area contributed by atoms with E-state index in [2.05, 4.69) is 65.0 Å². The third-order valence-corrected chi connectivity index (χ3v) is 5.51. The van der Waals surface area contributed by atoms with E-state index in [4.69, 9.17) is 4.74 Å². The molecule has 3 nitrogen and oxygen atoms in total. The molecule has 146 valence electrons. The quantitative estimate of drug-likeness (QED) is 0.331. The van der Waals surface area contributed by atoms with E-state index in [1.54, 1.807) is 0 Å². The molecule has 0 bridgehead atoms. The van der Waals surface area contributed by atoms with Crippen molar-refractivity contribution in [3.05, 3.63) is 57.6 Å². The molecular weight excluding hydrogens is 402 g/mol. The smallest absolute Gasteiger partial charge is 0.311 e. The number of hydrogen-bond acceptors (Lipinski definition) is 3. The molecule has 0 saturated carbocycles. The van der Waals surface area contributed by atoms with E-state index in [1.807, 2.05) is 19.9 Å². The van der Waals surface area contributed by atoms with Gasteiger partial charge in [0.25, 0.3) is 0 Å². The Balaban J connectivity index is 2.21. The number of halogens is 1. The maximum absolute atomic E-state index is 11.8. The molecule has 0 amide bonds. The molecule has 0 aliphatic carbocycles. The zero-order chi connectivity index (χ0) is 19.8. The lowest BCUT2D eigenvalue weighted by Crippen LogP contribution is -2.24. The first-order valence-electron chi connectivity index (χ1n) is 9.76. The lowest BCUT2D eigenvalue weighted by atomic mass is 10.1. The fraction of sp³-hybridized carbons (Fsp3) is 0.435. The molecule has 0 spiro atoms. The molecule has 0 N–H and O–H groups in total. The Labute approximate surface area is 171 Å². The van der Waals surface area contributed by atoms with Crippen molar-refractivity contribution in [2.45, 2.75) is 59.9 Å². The summed E-state index contributed by atoms with van der Waals surface area (Å²) in [5.74, 6) is 0.499. The fourth-order valence-electron chi connectivity index (χ4n) is 3.09. The molecule has 0 radical (unpaired) electrons. The van der Waals surface area contributed by atoms with E-state index in [9.17, 15) is 4.79 Å². The summed E-state index contributed by atoms with van der Waals surface area (Å²) in [5.41, 5.74) is 4.74. The fourth-order valence-corrected chi connectivity index (χ4v) is 3.45. The van der Waals surface area contributed by atoms with Crippen LogP contribution < -0.4 is 9.64 Å². The van der Waals surface area contributed by atoms with Crippen LogP contribution in [0.4, 0.5) is 5.69 Å². The highest BCUT2D eigenvalue weighted by molar-refractivity contribution is 9.10. The molecule has 0 aliphatic rings. The van der Waals surface area contributed by atoms with Crippen molar-refractivity contribution in [3.8, 4) is 5.75 Å². The van der Waals surface area contributed by atoms with Crippen LogP contribution in [0.15, 0.2) is 40.9 Å². The van der Waals surface area contributed by atoms with Gasteiger partial charge in [0.1, 0.15) is 5.75 Å². The molecule has 0 unspecified atom stereocenters. The Morgan fingerprint density at radius 3 is 2.56 bits per heavy atom. The van der Waals surface area contributed by atoms with E-state index in [0.717, 1.165) is 42.4 Å². The molecular formula is C23H30BrNO2. The lowest BCUT2D eigenvalue weighted by Gasteiger charge is -2.27. The predicted molar refractivity (Wildman–Crippen MR) is 117 cm³/mol. The first kappa shape index (κ1) is 21.5. The Hall–Kier alpha value is -1.81. The topological polar surface area (TPSA) is 29.5 Å². The molecule has 4 heteroatoms. The minimum absolute atomic E-state index is 0.164. The Bertz CT molecular complexity index is 773. The minimum Gasteiger partial charge on any atom is -0.426 e. The summed E-state index contributed by atoms with van der Waals surface area (Å²) < 4.78 is 6.61. The Morgan fingerprint density at radius 1 is 1.11 bits per heavy atom. The second-order valence-corrected chi connectivity index (χ2v) is 7.84. The molecule has 0 fully saturated rings. The second kappa shape index (κ2) is 10.5. The van der Waals surface area contributed by atoms with Crippen LogP contribution in [-0.2, 0) is 11.3 Å². The van der Waals surface area contributed by atoms with E-state index in [1.165, 1.54) is 16.8 Å². The molecule has 2 rings (SSSR count). The highest BCUT2D eigenvalue weighted by atomic mass is 79.9. The van der Waals surface area contributed by atoms with Crippen LogP contribution in [0.1, 0.15) is 56.2 Å². The molecule has 2 aromatic rings. The first-order chi connectivity index (χ1) is 13.0. The van der Waals surface area contributed by atoms with Crippen LogP contribution in [0, 0.1) is 13.8 Å². The number of nitrogens with zero attached hydrogens (tertiary/aromatic N) is 1. The van der Waals surface area contributed by atoms with Crippen molar-refractivity contribution in [3.63, 3.8) is 0 Å². The van der Waals surface area contributed by atoms with Crippen LogP contribution in [0.25, 0.3) is 0 Å². The van der Waals surface area contributed by atoms with E-state index < -0.39 is 0 Å². The standard InChI is InChI=1S/C23H30BrNO2/c1-5-7-14-25(21-11-8-10-20(24)18(21)4)16-19-12-13-22(17(3)15-19)27-23(26)9-6-2/h8,10-13,15H,5-7,9,14,16H2,1-4H3. The molecule has 0 heterocycles. The monoisotopic (exact) mass is 431 g/mol. The van der Waals surface area contributed by atoms with Gasteiger partial charge in [-0.3, -0.25) is 4.79 Å². The largest absolute Gasteiger partial charge is 0.426 e. The van der Waals surface area contributed by atoms with Gasteiger partial charge in [-0.1, -0.05) is 54.4 Å². The summed E-state index contributed by atoms with van der Waals surface area (Å²) in [6.45, 7) is 10.2. The van der Waals surface area contributed by atoms with Crippen LogP contribution >= 0.6 is 15.9 Å². The van der Waals surface area contributed by atoms with E-state index in [-0.39, 0.29) is 5.97 Å². The first-order valence-corrected chi connectivity index (χ1v) is 10.6. The van der Waals surface area contributed by atoms with Crippen LogP contribution in [0.3, 0.4) is 0 Å². The number of hydrogen-bond donors (Lipinski definition) is 0. The molecule has 2 aromatic carbocycles. The van der Waals surface area contributed by atoms with Crippen molar-refractivity contribution in [1.82, 2.24) is 0 Å². The van der Waals surface area contributed by atoms with Crippen molar-refractivity contribution < 1.29 is 9.53 Å². The molecule has 0 saturated heterocycles. The third kappa shape index (κ3) is 6.10. The average Bonchev–Trinajstić information content (AvgIpc) is 2.63. The summed E-state index contributed by atoms with van der Waals surface area (Å²) in [6, 6.07) is 12.5. The molecule has 0 aliphatic heterocycles. The summed E-state index contributed by atoms with van der Waals surface area (Å²) >= 11 is 3.65. The van der Waals surface area contributed by atoms with E-state index >= 15 is 0 Å². The van der Waals surface area contributed by atoms with E-state index in [0.29, 0.717) is 12.2 Å². The number of rotatable bonds is 9. The predicted octanol–water partition coefficient (Wildman–Crippen LogP) is 6.58. The van der Waals surface area contributed by atoms with Crippen molar-refractivity contribution in [1.29, 1.82) is 0 Å². The summed E-state index contributed by atoms with van der Waals surface area (Å²) in [7, 11) is 0. The number of aryl methyl sites for hydroxylation is 1. The average molecular weight is 432 g/mol. The summed E-state index contributed by atoms with van der Waals surface area (Å²) in [5, 5.41) is 0. The maximum atomic E-state index is 11.8. The Morgan fingerprint density at radius 2 is 1.89 bits per heavy atom. The zero-order valence-electron chi connectivity index (χ0n) is 16.8. The van der Waals surface area contributed by atoms with Gasteiger partial charge in [0, 0.05) is 29.7 Å². The van der Waals surface area contributed by atoms with Crippen LogP contribution in [0.2, 0.25) is 0 Å². The second-order valence-electron chi connectivity index (χ2n) is 6.98. The lowest BCUT2D eigenvalue weighted by molar-refractivity contribution is -0.134. The van der Waals surface area contributed by atoms with Gasteiger partial charge >= 0.3 is 5.97 Å². The van der Waals surface area contributed by atoms with Gasteiger partial charge in [-0.15, -0.1) is 0 Å². The number of ether oxygens (including phenoxy) is 1. The molecule has 0 atom stereocenters. The van der Waals surface area contributed by atoms with Crippen LogP contribution in [0.5, 0.6) is 5.75 Å². The van der Waals surface area contributed by atoms with Gasteiger partial charge in [0.2, 0.25) is 0 Å². The number of esters is 1. The minimum atomic E-state index is -0.164. The summed E-state index contributed by atoms with van der Waals surface area (Å²) in [4.78, 5) is 14.2. The maximum Gasteiger partial charge on any atom is 0.311 e. The van der Waals surface area contributed by atoms with Crippen LogP contribution in [-0.4, -0.2) is 12.5 Å². The van der Waals surface area contributed by atoms with Gasteiger partial charge in [-0.25, -0.2) is 0 Å². The number of anilines is 1. The number of unbranched alkanes of at least 4 members (excludes halogenated alkanes) is 1. The van der Waals surface area contributed by atoms with Crippen molar-refractivity contribution >= 4 is 27.6 Å². The SMILES string of the molecule is CCCCN(Cc1ccc(OC(=O)CCC)c(C)c1)c1cccc(Br)c1C. The zero-order valence-corrected chi connectivity index (χ0v) is 18.4. The number of carbonyl (C=O) groups excluding carboxylic acids is 1. The Kier molecular flexibility index (Phi) is 8.36. The van der Waals surface area contributed by atoms with Gasteiger partial charge in [-0.05, 0) is 61.6 Å². The number of benzene rings is 2. The highest BCUT2D eigenvalue weighted by Gasteiger charge is 2.13. The van der Waals surface area contributed by atoms with Gasteiger partial charge in [-0.2, -0.15) is 0 Å². The summed E-state index contributed by atoms with van der Waals surface area (Å²) in [6.07, 6.45) is 3.56.